The van der Waals surface area contributed by atoms with Gasteiger partial charge in [0.2, 0.25) is 0 Å². The predicted molar refractivity (Wildman–Crippen MR) is 127 cm³/mol. The topological polar surface area (TPSA) is 0 Å². The van der Waals surface area contributed by atoms with Crippen LogP contribution in [-0.4, -0.2) is 0 Å². The Labute approximate surface area is 188 Å². The Morgan fingerprint density at radius 3 is 2.03 bits per heavy atom. The molecule has 0 saturated heterocycles. The summed E-state index contributed by atoms with van der Waals surface area (Å²) in [4.78, 5) is 0. The summed E-state index contributed by atoms with van der Waals surface area (Å²) in [7, 11) is 0. The third kappa shape index (κ3) is 8.44. The first-order chi connectivity index (χ1) is 15.1. The third-order valence-corrected chi connectivity index (χ3v) is 7.64. The largest absolute Gasteiger partial charge is 0.204 e. The highest BCUT2D eigenvalue weighted by Gasteiger charge is 2.24. The fourth-order valence-electron chi connectivity index (χ4n) is 5.52. The van der Waals surface area contributed by atoms with Crippen LogP contribution in [0, 0.1) is 47.1 Å². The second-order valence-corrected chi connectivity index (χ2v) is 10.00. The summed E-state index contributed by atoms with van der Waals surface area (Å²) in [5, 5.41) is 0. The van der Waals surface area contributed by atoms with Crippen LogP contribution in [0.1, 0.15) is 102 Å². The first kappa shape index (κ1) is 24.0. The monoisotopic (exact) mass is 426 g/mol. The molecule has 0 amide bonds. The molecule has 0 N–H and O–H groups in total. The maximum absolute atomic E-state index is 13.2. The maximum atomic E-state index is 13.2. The molecule has 2 heteroatoms. The Morgan fingerprint density at radius 2 is 1.42 bits per heavy atom. The van der Waals surface area contributed by atoms with Gasteiger partial charge in [-0.15, -0.1) is 0 Å². The first-order valence-electron chi connectivity index (χ1n) is 12.8. The molecule has 2 aliphatic carbocycles. The molecule has 1 aromatic carbocycles. The molecule has 0 radical (unpaired) electrons. The van der Waals surface area contributed by atoms with Gasteiger partial charge >= 0.3 is 0 Å². The van der Waals surface area contributed by atoms with Gasteiger partial charge in [-0.25, -0.2) is 8.78 Å². The zero-order valence-corrected chi connectivity index (χ0v) is 19.4. The molecule has 2 aliphatic rings. The quantitative estimate of drug-likeness (QED) is 0.288. The summed E-state index contributed by atoms with van der Waals surface area (Å²) < 4.78 is 26.2. The van der Waals surface area contributed by atoms with E-state index in [0.717, 1.165) is 29.9 Å². The fourth-order valence-corrected chi connectivity index (χ4v) is 5.52. The van der Waals surface area contributed by atoms with E-state index in [1.807, 2.05) is 6.08 Å². The number of hydrogen-bond donors (Lipinski definition) is 0. The van der Waals surface area contributed by atoms with Crippen LogP contribution in [0.25, 0.3) is 0 Å². The van der Waals surface area contributed by atoms with Crippen molar-refractivity contribution in [3.63, 3.8) is 0 Å². The Bertz CT molecular complexity index is 738. The van der Waals surface area contributed by atoms with Crippen LogP contribution in [0.5, 0.6) is 0 Å². The van der Waals surface area contributed by atoms with Gasteiger partial charge in [0.1, 0.15) is 0 Å². The van der Waals surface area contributed by atoms with Crippen LogP contribution in [-0.2, 0) is 0 Å². The van der Waals surface area contributed by atoms with Crippen molar-refractivity contribution >= 4 is 0 Å². The highest BCUT2D eigenvalue weighted by molar-refractivity contribution is 5.37. The van der Waals surface area contributed by atoms with Gasteiger partial charge < -0.3 is 0 Å². The van der Waals surface area contributed by atoms with Gasteiger partial charge in [-0.05, 0) is 73.6 Å². The summed E-state index contributed by atoms with van der Waals surface area (Å²) in [6.07, 6.45) is 23.8. The van der Waals surface area contributed by atoms with Crippen LogP contribution in [0.4, 0.5) is 8.78 Å². The molecule has 3 rings (SSSR count). The van der Waals surface area contributed by atoms with Gasteiger partial charge in [0.25, 0.3) is 0 Å². The van der Waals surface area contributed by atoms with Crippen molar-refractivity contribution in [2.24, 2.45) is 23.7 Å². The molecule has 0 spiro atoms. The molecular weight excluding hydrogens is 386 g/mol. The first-order valence-corrected chi connectivity index (χ1v) is 12.8. The van der Waals surface area contributed by atoms with E-state index in [4.69, 9.17) is 0 Å². The van der Waals surface area contributed by atoms with Crippen LogP contribution in [0.2, 0.25) is 0 Å². The average Bonchev–Trinajstić information content (AvgIpc) is 2.79. The predicted octanol–water partition coefficient (Wildman–Crippen LogP) is 8.85. The molecule has 0 unspecified atom stereocenters. The molecule has 0 aromatic heterocycles. The molecule has 0 aliphatic heterocycles. The lowest BCUT2D eigenvalue weighted by Crippen LogP contribution is -2.17. The van der Waals surface area contributed by atoms with E-state index < -0.39 is 11.6 Å². The zero-order valence-electron chi connectivity index (χ0n) is 19.4. The number of hydrogen-bond acceptors (Lipinski definition) is 0. The van der Waals surface area contributed by atoms with E-state index in [-0.39, 0.29) is 0 Å². The van der Waals surface area contributed by atoms with E-state index in [9.17, 15) is 8.78 Å². The van der Waals surface area contributed by atoms with Gasteiger partial charge in [0.05, 0.1) is 0 Å². The molecule has 31 heavy (non-hydrogen) atoms. The number of halogens is 2. The zero-order chi connectivity index (χ0) is 21.9. The minimum absolute atomic E-state index is 0.516. The Balaban J connectivity index is 1.29. The minimum atomic E-state index is -0.839. The Kier molecular flexibility index (Phi) is 10.1. The standard InChI is InChI=1S/C29H40F2/c1-2-3-4-7-23-10-14-25(15-11-23)18-19-26-16-12-24(13-17-26)8-5-6-9-27-20-21-28(30)29(31)22-27/h5,8,20-26H,2-4,7,10-19H2,1H3/t23-,24-,25-,26-. The van der Waals surface area contributed by atoms with Gasteiger partial charge in [-0.3, -0.25) is 0 Å². The number of rotatable bonds is 8. The number of benzene rings is 1. The summed E-state index contributed by atoms with van der Waals surface area (Å²) in [6.45, 7) is 2.30. The number of unbranched alkanes of at least 4 members (excludes halogenated alkanes) is 2. The van der Waals surface area contributed by atoms with Crippen molar-refractivity contribution in [2.45, 2.75) is 96.8 Å². The molecule has 1 aromatic rings. The second-order valence-electron chi connectivity index (χ2n) is 10.00. The molecule has 0 heterocycles. The van der Waals surface area contributed by atoms with Crippen LogP contribution >= 0.6 is 0 Å². The SMILES string of the molecule is CCCCC[C@H]1CC[C@H](CC[C@H]2CC[C@H](C=CC#Cc3ccc(F)c(F)c3)CC2)CC1. The van der Waals surface area contributed by atoms with Gasteiger partial charge in [0, 0.05) is 5.56 Å². The fraction of sp³-hybridized carbons (Fsp3) is 0.655. The van der Waals surface area contributed by atoms with Crippen molar-refractivity contribution in [2.75, 3.05) is 0 Å². The Morgan fingerprint density at radius 1 is 0.806 bits per heavy atom. The average molecular weight is 427 g/mol. The van der Waals surface area contributed by atoms with Crippen LogP contribution in [0.3, 0.4) is 0 Å². The second kappa shape index (κ2) is 13.0. The molecule has 0 bridgehead atoms. The van der Waals surface area contributed by atoms with Crippen LogP contribution in [0.15, 0.2) is 30.4 Å². The normalized spacial score (nSPS) is 26.5. The summed E-state index contributed by atoms with van der Waals surface area (Å²) >= 11 is 0. The lowest BCUT2D eigenvalue weighted by Gasteiger charge is -2.31. The van der Waals surface area contributed by atoms with E-state index in [2.05, 4.69) is 24.8 Å². The maximum Gasteiger partial charge on any atom is 0.160 e. The van der Waals surface area contributed by atoms with E-state index in [0.29, 0.717) is 11.5 Å². The molecule has 2 saturated carbocycles. The summed E-state index contributed by atoms with van der Waals surface area (Å²) in [5.41, 5.74) is 0.516. The van der Waals surface area contributed by atoms with Crippen molar-refractivity contribution in [3.8, 4) is 11.8 Å². The van der Waals surface area contributed by atoms with Crippen molar-refractivity contribution in [1.29, 1.82) is 0 Å². The highest BCUT2D eigenvalue weighted by atomic mass is 19.2. The minimum Gasteiger partial charge on any atom is -0.204 e. The van der Waals surface area contributed by atoms with Gasteiger partial charge in [0.15, 0.2) is 11.6 Å². The highest BCUT2D eigenvalue weighted by Crippen LogP contribution is 2.38. The molecular formula is C29H40F2. The lowest BCUT2D eigenvalue weighted by atomic mass is 9.75. The number of allylic oxidation sites excluding steroid dienone is 2. The Hall–Kier alpha value is -1.62. The summed E-state index contributed by atoms with van der Waals surface area (Å²) in [6, 6.07) is 3.80. The van der Waals surface area contributed by atoms with Crippen LogP contribution < -0.4 is 0 Å². The van der Waals surface area contributed by atoms with E-state index in [1.54, 1.807) is 0 Å². The molecule has 170 valence electrons. The van der Waals surface area contributed by atoms with Gasteiger partial charge in [-0.2, -0.15) is 0 Å². The van der Waals surface area contributed by atoms with Gasteiger partial charge in [-0.1, -0.05) is 89.0 Å². The molecule has 2 fully saturated rings. The molecule has 0 nitrogen and oxygen atoms in total. The molecule has 0 atom stereocenters. The smallest absolute Gasteiger partial charge is 0.160 e. The van der Waals surface area contributed by atoms with Crippen molar-refractivity contribution in [3.05, 3.63) is 47.5 Å². The van der Waals surface area contributed by atoms with Crippen molar-refractivity contribution in [1.82, 2.24) is 0 Å². The lowest BCUT2D eigenvalue weighted by molar-refractivity contribution is 0.219. The van der Waals surface area contributed by atoms with E-state index >= 15 is 0 Å². The van der Waals surface area contributed by atoms with E-state index in [1.165, 1.54) is 96.0 Å². The van der Waals surface area contributed by atoms with Crippen molar-refractivity contribution < 1.29 is 8.78 Å². The summed E-state index contributed by atoms with van der Waals surface area (Å²) in [5.74, 6) is 7.75. The third-order valence-electron chi connectivity index (χ3n) is 7.64.